The summed E-state index contributed by atoms with van der Waals surface area (Å²) in [5, 5.41) is 4.33. The molecule has 0 saturated carbocycles. The summed E-state index contributed by atoms with van der Waals surface area (Å²) in [4.78, 5) is 20.4. The van der Waals surface area contributed by atoms with Gasteiger partial charge in [-0.1, -0.05) is 18.2 Å². The number of aryl methyl sites for hydroxylation is 1. The van der Waals surface area contributed by atoms with E-state index in [0.717, 1.165) is 38.9 Å². The Balaban J connectivity index is 1.63. The predicted molar refractivity (Wildman–Crippen MR) is 117 cm³/mol. The lowest BCUT2D eigenvalue weighted by molar-refractivity contribution is 0.0985. The SMILES string of the molecule is Cc1sc(NC(C)(C)C)nc1-c1ccc2c(c1)CCN2C(=O)c1ccccc1F. The Bertz CT molecular complexity index is 1080. The second-order valence-electron chi connectivity index (χ2n) is 8.33. The number of benzene rings is 2. The number of anilines is 2. The van der Waals surface area contributed by atoms with Crippen molar-refractivity contribution < 1.29 is 9.18 Å². The van der Waals surface area contributed by atoms with Crippen LogP contribution in [0.15, 0.2) is 42.5 Å². The fraction of sp³-hybridized carbons (Fsp3) is 0.304. The van der Waals surface area contributed by atoms with Gasteiger partial charge in [-0.15, -0.1) is 11.3 Å². The average Bonchev–Trinajstić information content (AvgIpc) is 3.22. The molecule has 0 fully saturated rings. The number of thiazole rings is 1. The van der Waals surface area contributed by atoms with Gasteiger partial charge in [0.25, 0.3) is 5.91 Å². The Morgan fingerprint density at radius 2 is 1.97 bits per heavy atom. The molecule has 0 spiro atoms. The van der Waals surface area contributed by atoms with Gasteiger partial charge in [-0.2, -0.15) is 0 Å². The molecule has 150 valence electrons. The van der Waals surface area contributed by atoms with Crippen molar-refractivity contribution in [3.05, 3.63) is 64.3 Å². The van der Waals surface area contributed by atoms with Crippen molar-refractivity contribution in [3.8, 4) is 11.3 Å². The number of hydrogen-bond donors (Lipinski definition) is 1. The highest BCUT2D eigenvalue weighted by atomic mass is 32.1. The zero-order valence-electron chi connectivity index (χ0n) is 17.0. The summed E-state index contributed by atoms with van der Waals surface area (Å²) in [6.07, 6.45) is 0.750. The summed E-state index contributed by atoms with van der Waals surface area (Å²) in [6, 6.07) is 12.2. The first kappa shape index (κ1) is 19.6. The number of halogens is 1. The fourth-order valence-electron chi connectivity index (χ4n) is 3.58. The average molecular weight is 410 g/mol. The minimum atomic E-state index is -0.487. The molecule has 1 aliphatic rings. The molecule has 3 aromatic rings. The van der Waals surface area contributed by atoms with Gasteiger partial charge in [0.2, 0.25) is 0 Å². The first-order chi connectivity index (χ1) is 13.7. The van der Waals surface area contributed by atoms with Crippen molar-refractivity contribution in [2.75, 3.05) is 16.8 Å². The van der Waals surface area contributed by atoms with Crippen molar-refractivity contribution in [3.63, 3.8) is 0 Å². The minimum Gasteiger partial charge on any atom is -0.357 e. The molecule has 1 N–H and O–H groups in total. The number of amides is 1. The van der Waals surface area contributed by atoms with E-state index in [1.807, 2.05) is 12.1 Å². The van der Waals surface area contributed by atoms with E-state index in [2.05, 4.69) is 39.1 Å². The zero-order chi connectivity index (χ0) is 20.8. The summed E-state index contributed by atoms with van der Waals surface area (Å²) in [6.45, 7) is 8.96. The van der Waals surface area contributed by atoms with Crippen LogP contribution < -0.4 is 10.2 Å². The van der Waals surface area contributed by atoms with Crippen LogP contribution in [0.2, 0.25) is 0 Å². The number of carbonyl (C=O) groups is 1. The second kappa shape index (κ2) is 7.26. The monoisotopic (exact) mass is 409 g/mol. The Hall–Kier alpha value is -2.73. The lowest BCUT2D eigenvalue weighted by Crippen LogP contribution is -2.29. The van der Waals surface area contributed by atoms with E-state index in [1.54, 1.807) is 28.4 Å². The number of fused-ring (bicyclic) bond motifs is 1. The lowest BCUT2D eigenvalue weighted by Gasteiger charge is -2.19. The summed E-state index contributed by atoms with van der Waals surface area (Å²) < 4.78 is 14.1. The zero-order valence-corrected chi connectivity index (χ0v) is 17.9. The minimum absolute atomic E-state index is 0.0485. The van der Waals surface area contributed by atoms with Crippen LogP contribution in [0.1, 0.15) is 41.6 Å². The van der Waals surface area contributed by atoms with E-state index in [4.69, 9.17) is 4.98 Å². The van der Waals surface area contributed by atoms with Crippen molar-refractivity contribution >= 4 is 28.1 Å². The van der Waals surface area contributed by atoms with Crippen LogP contribution in [-0.4, -0.2) is 23.0 Å². The molecule has 0 saturated heterocycles. The van der Waals surface area contributed by atoms with E-state index in [0.29, 0.717) is 6.54 Å². The summed E-state index contributed by atoms with van der Waals surface area (Å²) >= 11 is 1.65. The Labute approximate surface area is 174 Å². The molecular formula is C23H24FN3OS. The van der Waals surface area contributed by atoms with Crippen LogP contribution >= 0.6 is 11.3 Å². The van der Waals surface area contributed by atoms with Gasteiger partial charge in [0.1, 0.15) is 5.82 Å². The number of rotatable bonds is 3. The molecule has 29 heavy (non-hydrogen) atoms. The number of hydrogen-bond acceptors (Lipinski definition) is 4. The van der Waals surface area contributed by atoms with Gasteiger partial charge >= 0.3 is 0 Å². The fourth-order valence-corrected chi connectivity index (χ4v) is 4.62. The van der Waals surface area contributed by atoms with Crippen LogP contribution in [0.3, 0.4) is 0 Å². The van der Waals surface area contributed by atoms with E-state index in [9.17, 15) is 9.18 Å². The quantitative estimate of drug-likeness (QED) is 0.606. The number of nitrogens with zero attached hydrogens (tertiary/aromatic N) is 2. The standard InChI is InChI=1S/C23H24FN3OS/c1-14-20(25-22(29-14)26-23(2,3)4)16-9-10-19-15(13-16)11-12-27(19)21(28)17-7-5-6-8-18(17)24/h5-10,13H,11-12H2,1-4H3,(H,25,26). The van der Waals surface area contributed by atoms with E-state index >= 15 is 0 Å². The molecule has 2 heterocycles. The van der Waals surface area contributed by atoms with Crippen LogP contribution in [0.5, 0.6) is 0 Å². The van der Waals surface area contributed by atoms with Crippen molar-refractivity contribution in [1.82, 2.24) is 4.98 Å². The highest BCUT2D eigenvalue weighted by Gasteiger charge is 2.28. The summed E-state index contributed by atoms with van der Waals surface area (Å²) in [5.74, 6) is -0.782. The molecule has 0 unspecified atom stereocenters. The third-order valence-corrected chi connectivity index (χ3v) is 5.76. The molecule has 4 nitrogen and oxygen atoms in total. The maximum atomic E-state index is 14.1. The normalized spacial score (nSPS) is 13.5. The molecule has 0 atom stereocenters. The van der Waals surface area contributed by atoms with Crippen LogP contribution in [0.4, 0.5) is 15.2 Å². The molecule has 0 aliphatic carbocycles. The van der Waals surface area contributed by atoms with Crippen molar-refractivity contribution in [2.24, 2.45) is 0 Å². The molecule has 2 aromatic carbocycles. The van der Waals surface area contributed by atoms with Crippen LogP contribution in [0, 0.1) is 12.7 Å². The highest BCUT2D eigenvalue weighted by molar-refractivity contribution is 7.16. The number of nitrogens with one attached hydrogen (secondary N) is 1. The first-order valence-electron chi connectivity index (χ1n) is 9.68. The second-order valence-corrected chi connectivity index (χ2v) is 9.53. The molecule has 1 aliphatic heterocycles. The third kappa shape index (κ3) is 3.90. The lowest BCUT2D eigenvalue weighted by atomic mass is 10.1. The van der Waals surface area contributed by atoms with Gasteiger partial charge < -0.3 is 10.2 Å². The topological polar surface area (TPSA) is 45.2 Å². The van der Waals surface area contributed by atoms with E-state index in [-0.39, 0.29) is 17.0 Å². The molecule has 6 heteroatoms. The van der Waals surface area contributed by atoms with Crippen molar-refractivity contribution in [1.29, 1.82) is 0 Å². The molecule has 0 bridgehead atoms. The van der Waals surface area contributed by atoms with Gasteiger partial charge in [-0.3, -0.25) is 4.79 Å². The predicted octanol–water partition coefficient (Wildman–Crippen LogP) is 5.67. The number of carbonyl (C=O) groups excluding carboxylic acids is 1. The largest absolute Gasteiger partial charge is 0.357 e. The highest BCUT2D eigenvalue weighted by Crippen LogP contribution is 2.36. The van der Waals surface area contributed by atoms with Crippen LogP contribution in [-0.2, 0) is 6.42 Å². The molecule has 4 rings (SSSR count). The molecule has 0 radical (unpaired) electrons. The Kier molecular flexibility index (Phi) is 4.90. The van der Waals surface area contributed by atoms with Crippen LogP contribution in [0.25, 0.3) is 11.3 Å². The number of aromatic nitrogens is 1. The van der Waals surface area contributed by atoms with Gasteiger partial charge in [-0.05, 0) is 63.9 Å². The molecular weight excluding hydrogens is 385 g/mol. The Morgan fingerprint density at radius 3 is 2.69 bits per heavy atom. The third-order valence-electron chi connectivity index (χ3n) is 4.88. The van der Waals surface area contributed by atoms with E-state index in [1.165, 1.54) is 12.1 Å². The van der Waals surface area contributed by atoms with Gasteiger partial charge in [-0.25, -0.2) is 9.37 Å². The maximum Gasteiger partial charge on any atom is 0.261 e. The van der Waals surface area contributed by atoms with Gasteiger partial charge in [0.05, 0.1) is 11.3 Å². The smallest absolute Gasteiger partial charge is 0.261 e. The summed E-state index contributed by atoms with van der Waals surface area (Å²) in [5.41, 5.74) is 4.00. The maximum absolute atomic E-state index is 14.1. The molecule has 1 amide bonds. The van der Waals surface area contributed by atoms with E-state index < -0.39 is 5.82 Å². The first-order valence-corrected chi connectivity index (χ1v) is 10.5. The molecule has 1 aromatic heterocycles. The van der Waals surface area contributed by atoms with Crippen molar-refractivity contribution in [2.45, 2.75) is 39.7 Å². The Morgan fingerprint density at radius 1 is 1.21 bits per heavy atom. The summed E-state index contributed by atoms with van der Waals surface area (Å²) in [7, 11) is 0. The van der Waals surface area contributed by atoms with Gasteiger partial charge in [0, 0.05) is 28.2 Å². The van der Waals surface area contributed by atoms with Gasteiger partial charge in [0.15, 0.2) is 5.13 Å².